The van der Waals surface area contributed by atoms with Gasteiger partial charge in [-0.05, 0) is 31.5 Å². The molecule has 12 heavy (non-hydrogen) atoms. The van der Waals surface area contributed by atoms with E-state index in [1.54, 1.807) is 0 Å². The predicted molar refractivity (Wildman–Crippen MR) is 57.5 cm³/mol. The highest BCUT2D eigenvalue weighted by molar-refractivity contribution is 9.10. The predicted octanol–water partition coefficient (Wildman–Crippen LogP) is 3.66. The van der Waals surface area contributed by atoms with Crippen LogP contribution in [0.4, 0.5) is 5.69 Å². The average Bonchev–Trinajstić information content (AvgIpc) is 2.04. The first-order valence-corrected chi connectivity index (χ1v) is 5.03. The first-order chi connectivity index (χ1) is 5.72. The van der Waals surface area contributed by atoms with Gasteiger partial charge in [0, 0.05) is 16.2 Å². The van der Waals surface area contributed by atoms with Gasteiger partial charge in [0.05, 0.1) is 0 Å². The molecular weight excluding hydrogens is 214 g/mol. The Labute approximate surface area is 82.3 Å². The maximum Gasteiger partial charge on any atom is 0.0353 e. The summed E-state index contributed by atoms with van der Waals surface area (Å²) >= 11 is 3.43. The molecule has 0 amide bonds. The van der Waals surface area contributed by atoms with Gasteiger partial charge in [-0.15, -0.1) is 0 Å². The Hall–Kier alpha value is -0.500. The van der Waals surface area contributed by atoms with Crippen LogP contribution in [0, 0.1) is 0 Å². The Bertz CT molecular complexity index is 247. The molecule has 1 aromatic carbocycles. The van der Waals surface area contributed by atoms with Crippen molar-refractivity contribution in [2.75, 3.05) is 5.32 Å². The van der Waals surface area contributed by atoms with E-state index >= 15 is 0 Å². The summed E-state index contributed by atoms with van der Waals surface area (Å²) in [6.45, 7) is 4.36. The van der Waals surface area contributed by atoms with Crippen LogP contribution in [0.15, 0.2) is 28.7 Å². The van der Waals surface area contributed by atoms with Crippen molar-refractivity contribution in [2.24, 2.45) is 0 Å². The van der Waals surface area contributed by atoms with E-state index in [0.717, 1.165) is 10.9 Å². The summed E-state index contributed by atoms with van der Waals surface area (Å²) in [5.74, 6) is 0. The standard InChI is InChI=1S/C10H14BrN/c1-3-8(2)12-10-6-4-5-9(11)7-10/h4-8,12H,3H2,1-2H3/t8-/m0/s1. The second-order valence-corrected chi connectivity index (χ2v) is 3.88. The van der Waals surface area contributed by atoms with Crippen LogP contribution in [0.25, 0.3) is 0 Å². The van der Waals surface area contributed by atoms with E-state index in [-0.39, 0.29) is 0 Å². The van der Waals surface area contributed by atoms with Crippen molar-refractivity contribution in [3.05, 3.63) is 28.7 Å². The Balaban J connectivity index is 2.63. The lowest BCUT2D eigenvalue weighted by Gasteiger charge is -2.12. The molecule has 1 rings (SSSR count). The van der Waals surface area contributed by atoms with Gasteiger partial charge in [0.15, 0.2) is 0 Å². The average molecular weight is 228 g/mol. The zero-order chi connectivity index (χ0) is 8.97. The van der Waals surface area contributed by atoms with Crippen molar-refractivity contribution in [1.82, 2.24) is 0 Å². The van der Waals surface area contributed by atoms with E-state index in [0.29, 0.717) is 6.04 Å². The molecule has 0 unspecified atom stereocenters. The Kier molecular flexibility index (Phi) is 3.60. The molecule has 2 heteroatoms. The summed E-state index contributed by atoms with van der Waals surface area (Å²) in [4.78, 5) is 0. The molecule has 1 nitrogen and oxygen atoms in total. The van der Waals surface area contributed by atoms with E-state index in [9.17, 15) is 0 Å². The van der Waals surface area contributed by atoms with Gasteiger partial charge in [-0.25, -0.2) is 0 Å². The van der Waals surface area contributed by atoms with Crippen molar-refractivity contribution in [2.45, 2.75) is 26.3 Å². The van der Waals surface area contributed by atoms with Gasteiger partial charge in [-0.3, -0.25) is 0 Å². The monoisotopic (exact) mass is 227 g/mol. The minimum Gasteiger partial charge on any atom is -0.383 e. The molecule has 0 saturated carbocycles. The largest absolute Gasteiger partial charge is 0.383 e. The van der Waals surface area contributed by atoms with Crippen molar-refractivity contribution in [1.29, 1.82) is 0 Å². The third-order valence-corrected chi connectivity index (χ3v) is 2.34. The second kappa shape index (κ2) is 4.51. The van der Waals surface area contributed by atoms with Crippen LogP contribution in [-0.4, -0.2) is 6.04 Å². The highest BCUT2D eigenvalue weighted by Gasteiger charge is 1.97. The van der Waals surface area contributed by atoms with Gasteiger partial charge in [-0.2, -0.15) is 0 Å². The van der Waals surface area contributed by atoms with Gasteiger partial charge >= 0.3 is 0 Å². The molecule has 1 N–H and O–H groups in total. The van der Waals surface area contributed by atoms with E-state index in [4.69, 9.17) is 0 Å². The van der Waals surface area contributed by atoms with Crippen molar-refractivity contribution in [3.63, 3.8) is 0 Å². The molecule has 0 aliphatic rings. The Morgan fingerprint density at radius 1 is 1.50 bits per heavy atom. The van der Waals surface area contributed by atoms with E-state index < -0.39 is 0 Å². The van der Waals surface area contributed by atoms with Crippen molar-refractivity contribution >= 4 is 21.6 Å². The summed E-state index contributed by atoms with van der Waals surface area (Å²) in [7, 11) is 0. The fourth-order valence-electron chi connectivity index (χ4n) is 0.965. The minimum absolute atomic E-state index is 0.541. The zero-order valence-electron chi connectivity index (χ0n) is 7.47. The third-order valence-electron chi connectivity index (χ3n) is 1.85. The topological polar surface area (TPSA) is 12.0 Å². The number of rotatable bonds is 3. The first-order valence-electron chi connectivity index (χ1n) is 4.24. The highest BCUT2D eigenvalue weighted by Crippen LogP contribution is 2.16. The van der Waals surface area contributed by atoms with Crippen LogP contribution >= 0.6 is 15.9 Å². The van der Waals surface area contributed by atoms with Crippen LogP contribution in [0.3, 0.4) is 0 Å². The van der Waals surface area contributed by atoms with Gasteiger partial charge in [-0.1, -0.05) is 28.9 Å². The minimum atomic E-state index is 0.541. The summed E-state index contributed by atoms with van der Waals surface area (Å²) in [5, 5.41) is 3.40. The van der Waals surface area contributed by atoms with Crippen LogP contribution in [0.5, 0.6) is 0 Å². The van der Waals surface area contributed by atoms with E-state index in [1.165, 1.54) is 5.69 Å². The quantitative estimate of drug-likeness (QED) is 0.832. The fraction of sp³-hybridized carbons (Fsp3) is 0.400. The van der Waals surface area contributed by atoms with Gasteiger partial charge in [0.1, 0.15) is 0 Å². The third kappa shape index (κ3) is 2.86. The van der Waals surface area contributed by atoms with Gasteiger partial charge < -0.3 is 5.32 Å². The Morgan fingerprint density at radius 3 is 2.83 bits per heavy atom. The van der Waals surface area contributed by atoms with Crippen molar-refractivity contribution < 1.29 is 0 Å². The molecule has 0 radical (unpaired) electrons. The van der Waals surface area contributed by atoms with Crippen LogP contribution in [-0.2, 0) is 0 Å². The second-order valence-electron chi connectivity index (χ2n) is 2.96. The Morgan fingerprint density at radius 2 is 2.25 bits per heavy atom. The molecule has 0 fully saturated rings. The number of hydrogen-bond donors (Lipinski definition) is 1. The van der Waals surface area contributed by atoms with E-state index in [1.807, 2.05) is 12.1 Å². The normalized spacial score (nSPS) is 12.6. The summed E-state index contributed by atoms with van der Waals surface area (Å²) in [6, 6.07) is 8.78. The lowest BCUT2D eigenvalue weighted by Crippen LogP contribution is -2.12. The van der Waals surface area contributed by atoms with Gasteiger partial charge in [0.25, 0.3) is 0 Å². The molecule has 0 aliphatic carbocycles. The zero-order valence-corrected chi connectivity index (χ0v) is 9.06. The maximum atomic E-state index is 3.43. The molecule has 1 atom stereocenters. The first kappa shape index (κ1) is 9.59. The van der Waals surface area contributed by atoms with Crippen LogP contribution in [0.2, 0.25) is 0 Å². The van der Waals surface area contributed by atoms with Crippen molar-refractivity contribution in [3.8, 4) is 0 Å². The highest BCUT2D eigenvalue weighted by atomic mass is 79.9. The number of halogens is 1. The molecule has 0 spiro atoms. The number of nitrogens with one attached hydrogen (secondary N) is 1. The molecule has 0 saturated heterocycles. The summed E-state index contributed by atoms with van der Waals surface area (Å²) in [6.07, 6.45) is 1.15. The van der Waals surface area contributed by atoms with Gasteiger partial charge in [0.2, 0.25) is 0 Å². The number of hydrogen-bond acceptors (Lipinski definition) is 1. The SMILES string of the molecule is CC[C@H](C)Nc1cccc(Br)c1. The molecular formula is C10H14BrN. The fourth-order valence-corrected chi connectivity index (χ4v) is 1.36. The summed E-state index contributed by atoms with van der Waals surface area (Å²) in [5.41, 5.74) is 1.18. The van der Waals surface area contributed by atoms with E-state index in [2.05, 4.69) is 47.2 Å². The molecule has 0 aliphatic heterocycles. The molecule has 0 aromatic heterocycles. The molecule has 0 heterocycles. The lowest BCUT2D eigenvalue weighted by atomic mass is 10.2. The molecule has 1 aromatic rings. The van der Waals surface area contributed by atoms with Crippen LogP contribution < -0.4 is 5.32 Å². The molecule has 0 bridgehead atoms. The number of anilines is 1. The number of benzene rings is 1. The molecule has 66 valence electrons. The summed E-state index contributed by atoms with van der Waals surface area (Å²) < 4.78 is 1.12. The van der Waals surface area contributed by atoms with Crippen LogP contribution in [0.1, 0.15) is 20.3 Å². The lowest BCUT2D eigenvalue weighted by molar-refractivity contribution is 0.764. The smallest absolute Gasteiger partial charge is 0.0353 e. The maximum absolute atomic E-state index is 3.43.